The molecule has 0 fully saturated rings. The maximum Gasteiger partial charge on any atom is 0.313 e. The van der Waals surface area contributed by atoms with Crippen molar-refractivity contribution in [1.82, 2.24) is 0 Å². The molecule has 0 unspecified atom stereocenters. The fraction of sp³-hybridized carbons (Fsp3) is 0.500. The SMILES string of the molecule is CC(C)(C)c1ccc(N)c(C(C)(C)C(=O)O)c1. The van der Waals surface area contributed by atoms with Gasteiger partial charge in [-0.2, -0.15) is 0 Å². The van der Waals surface area contributed by atoms with Crippen LogP contribution in [0.2, 0.25) is 0 Å². The van der Waals surface area contributed by atoms with Gasteiger partial charge in [0.2, 0.25) is 0 Å². The van der Waals surface area contributed by atoms with Crippen molar-refractivity contribution in [3.63, 3.8) is 0 Å². The number of hydrogen-bond acceptors (Lipinski definition) is 2. The van der Waals surface area contributed by atoms with E-state index in [1.165, 1.54) is 0 Å². The number of nitrogen functional groups attached to an aromatic ring is 1. The van der Waals surface area contributed by atoms with Gasteiger partial charge in [0, 0.05) is 5.69 Å². The van der Waals surface area contributed by atoms with Crippen molar-refractivity contribution in [2.45, 2.75) is 45.4 Å². The first kappa shape index (κ1) is 13.6. The molecule has 1 rings (SSSR count). The first-order valence-electron chi connectivity index (χ1n) is 5.70. The molecule has 0 bridgehead atoms. The van der Waals surface area contributed by atoms with Crippen LogP contribution in [0.4, 0.5) is 5.69 Å². The fourth-order valence-corrected chi connectivity index (χ4v) is 1.68. The van der Waals surface area contributed by atoms with Crippen LogP contribution in [0.3, 0.4) is 0 Å². The second kappa shape index (κ2) is 4.06. The summed E-state index contributed by atoms with van der Waals surface area (Å²) in [7, 11) is 0. The van der Waals surface area contributed by atoms with Crippen LogP contribution in [0, 0.1) is 0 Å². The van der Waals surface area contributed by atoms with Crippen LogP contribution in [0.1, 0.15) is 45.7 Å². The molecule has 17 heavy (non-hydrogen) atoms. The van der Waals surface area contributed by atoms with Gasteiger partial charge in [0.15, 0.2) is 0 Å². The molecule has 3 heteroatoms. The van der Waals surface area contributed by atoms with E-state index in [2.05, 4.69) is 20.8 Å². The maximum absolute atomic E-state index is 11.3. The standard InChI is InChI=1S/C14H21NO2/c1-13(2,3)9-6-7-11(15)10(8-9)14(4,5)12(16)17/h6-8H,15H2,1-5H3,(H,16,17). The molecule has 0 atom stereocenters. The van der Waals surface area contributed by atoms with Crippen molar-refractivity contribution >= 4 is 11.7 Å². The Bertz CT molecular complexity index is 442. The van der Waals surface area contributed by atoms with E-state index in [4.69, 9.17) is 5.73 Å². The summed E-state index contributed by atoms with van der Waals surface area (Å²) < 4.78 is 0. The van der Waals surface area contributed by atoms with Crippen LogP contribution in [-0.2, 0) is 15.6 Å². The number of carboxylic acid groups (broad SMARTS) is 1. The summed E-state index contributed by atoms with van der Waals surface area (Å²) in [6, 6.07) is 5.65. The molecular formula is C14H21NO2. The van der Waals surface area contributed by atoms with Gasteiger partial charge >= 0.3 is 5.97 Å². The fourth-order valence-electron chi connectivity index (χ4n) is 1.68. The van der Waals surface area contributed by atoms with Crippen LogP contribution in [0.5, 0.6) is 0 Å². The maximum atomic E-state index is 11.3. The molecule has 3 nitrogen and oxygen atoms in total. The zero-order valence-corrected chi connectivity index (χ0v) is 11.2. The largest absolute Gasteiger partial charge is 0.481 e. The van der Waals surface area contributed by atoms with Gasteiger partial charge in [-0.25, -0.2) is 0 Å². The van der Waals surface area contributed by atoms with Gasteiger partial charge in [0.1, 0.15) is 0 Å². The molecule has 3 N–H and O–H groups in total. The Balaban J connectivity index is 3.39. The molecule has 0 aromatic heterocycles. The first-order chi connectivity index (χ1) is 7.56. The molecule has 94 valence electrons. The van der Waals surface area contributed by atoms with Crippen molar-refractivity contribution in [1.29, 1.82) is 0 Å². The molecule has 0 saturated carbocycles. The lowest BCUT2D eigenvalue weighted by Crippen LogP contribution is -2.30. The Hall–Kier alpha value is -1.51. The Morgan fingerprint density at radius 3 is 2.12 bits per heavy atom. The number of anilines is 1. The van der Waals surface area contributed by atoms with Crippen molar-refractivity contribution in [2.24, 2.45) is 0 Å². The highest BCUT2D eigenvalue weighted by Crippen LogP contribution is 2.33. The van der Waals surface area contributed by atoms with Gasteiger partial charge in [-0.05, 0) is 36.5 Å². The third-order valence-corrected chi connectivity index (χ3v) is 3.13. The Morgan fingerprint density at radius 1 is 1.18 bits per heavy atom. The van der Waals surface area contributed by atoms with Crippen molar-refractivity contribution in [3.8, 4) is 0 Å². The molecule has 0 heterocycles. The van der Waals surface area contributed by atoms with E-state index in [9.17, 15) is 9.90 Å². The van der Waals surface area contributed by atoms with E-state index in [0.717, 1.165) is 5.56 Å². The monoisotopic (exact) mass is 235 g/mol. The quantitative estimate of drug-likeness (QED) is 0.775. The third-order valence-electron chi connectivity index (χ3n) is 3.13. The minimum atomic E-state index is -0.967. The summed E-state index contributed by atoms with van der Waals surface area (Å²) >= 11 is 0. The predicted octanol–water partition coefficient (Wildman–Crippen LogP) is 2.93. The summed E-state index contributed by atoms with van der Waals surface area (Å²) in [5.41, 5.74) is 7.21. The second-order valence-corrected chi connectivity index (χ2v) is 5.98. The zero-order valence-electron chi connectivity index (χ0n) is 11.2. The smallest absolute Gasteiger partial charge is 0.313 e. The summed E-state index contributed by atoms with van der Waals surface area (Å²) in [6.07, 6.45) is 0. The van der Waals surface area contributed by atoms with Gasteiger partial charge < -0.3 is 10.8 Å². The van der Waals surface area contributed by atoms with Crippen molar-refractivity contribution in [3.05, 3.63) is 29.3 Å². The topological polar surface area (TPSA) is 63.3 Å². The van der Waals surface area contributed by atoms with E-state index in [1.54, 1.807) is 19.9 Å². The van der Waals surface area contributed by atoms with Gasteiger partial charge in [-0.3, -0.25) is 4.79 Å². The van der Waals surface area contributed by atoms with Crippen LogP contribution >= 0.6 is 0 Å². The van der Waals surface area contributed by atoms with Crippen molar-refractivity contribution in [2.75, 3.05) is 5.73 Å². The summed E-state index contributed by atoms with van der Waals surface area (Å²) in [5, 5.41) is 9.26. The second-order valence-electron chi connectivity index (χ2n) is 5.98. The van der Waals surface area contributed by atoms with Crippen LogP contribution in [0.25, 0.3) is 0 Å². The molecular weight excluding hydrogens is 214 g/mol. The normalized spacial score (nSPS) is 12.5. The van der Waals surface area contributed by atoms with E-state index in [-0.39, 0.29) is 5.41 Å². The van der Waals surface area contributed by atoms with Crippen LogP contribution in [0.15, 0.2) is 18.2 Å². The highest BCUT2D eigenvalue weighted by atomic mass is 16.4. The summed E-state index contributed by atoms with van der Waals surface area (Å²) in [6.45, 7) is 9.63. The number of rotatable bonds is 2. The molecule has 0 aliphatic carbocycles. The van der Waals surface area contributed by atoms with Crippen LogP contribution < -0.4 is 5.73 Å². The Labute approximate surface area is 103 Å². The van der Waals surface area contributed by atoms with Gasteiger partial charge in [-0.15, -0.1) is 0 Å². The number of carboxylic acids is 1. The number of aliphatic carboxylic acids is 1. The molecule has 0 spiro atoms. The van der Waals surface area contributed by atoms with Gasteiger partial charge in [-0.1, -0.05) is 32.9 Å². The predicted molar refractivity (Wildman–Crippen MR) is 70.2 cm³/mol. The van der Waals surface area contributed by atoms with E-state index in [1.807, 2.05) is 12.1 Å². The number of nitrogens with two attached hydrogens (primary N) is 1. The molecule has 0 aliphatic rings. The lowest BCUT2D eigenvalue weighted by molar-refractivity contribution is -0.142. The number of carbonyl (C=O) groups is 1. The Kier molecular flexibility index (Phi) is 3.24. The molecule has 0 aliphatic heterocycles. The molecule has 0 amide bonds. The zero-order chi connectivity index (χ0) is 13.4. The average molecular weight is 235 g/mol. The molecule has 0 radical (unpaired) electrons. The number of benzene rings is 1. The summed E-state index contributed by atoms with van der Waals surface area (Å²) in [5.74, 6) is -0.866. The highest BCUT2D eigenvalue weighted by molar-refractivity contribution is 5.82. The van der Waals surface area contributed by atoms with E-state index in [0.29, 0.717) is 11.3 Å². The third kappa shape index (κ3) is 2.60. The lowest BCUT2D eigenvalue weighted by Gasteiger charge is -2.26. The van der Waals surface area contributed by atoms with Gasteiger partial charge in [0.25, 0.3) is 0 Å². The number of hydrogen-bond donors (Lipinski definition) is 2. The van der Waals surface area contributed by atoms with Crippen molar-refractivity contribution < 1.29 is 9.90 Å². The molecule has 1 aromatic rings. The summed E-state index contributed by atoms with van der Waals surface area (Å²) in [4.78, 5) is 11.3. The van der Waals surface area contributed by atoms with E-state index >= 15 is 0 Å². The van der Waals surface area contributed by atoms with E-state index < -0.39 is 11.4 Å². The average Bonchev–Trinajstić information content (AvgIpc) is 2.15. The lowest BCUT2D eigenvalue weighted by atomic mass is 9.79. The minimum absolute atomic E-state index is 0.0168. The molecule has 0 saturated heterocycles. The first-order valence-corrected chi connectivity index (χ1v) is 5.70. The Morgan fingerprint density at radius 2 is 1.71 bits per heavy atom. The molecule has 1 aromatic carbocycles. The minimum Gasteiger partial charge on any atom is -0.481 e. The highest BCUT2D eigenvalue weighted by Gasteiger charge is 2.32. The van der Waals surface area contributed by atoms with Crippen LogP contribution in [-0.4, -0.2) is 11.1 Å². The van der Waals surface area contributed by atoms with Gasteiger partial charge in [0.05, 0.1) is 5.41 Å².